The van der Waals surface area contributed by atoms with Crippen LogP contribution in [0.4, 0.5) is 0 Å². The van der Waals surface area contributed by atoms with Crippen molar-refractivity contribution in [3.63, 3.8) is 0 Å². The van der Waals surface area contributed by atoms with Crippen LogP contribution >= 0.6 is 0 Å². The molecule has 2 unspecified atom stereocenters. The average Bonchev–Trinajstić information content (AvgIpc) is 1.82. The fraction of sp³-hybridized carbons (Fsp3) is 0.600. The van der Waals surface area contributed by atoms with Crippen LogP contribution in [0.2, 0.25) is 0 Å². The molecular formula is C10H16. The molecule has 2 atom stereocenters. The van der Waals surface area contributed by atoms with Crippen LogP contribution in [-0.2, 0) is 0 Å². The fourth-order valence-corrected chi connectivity index (χ4v) is 1.55. The second kappa shape index (κ2) is 2.61. The molecule has 0 amide bonds. The van der Waals surface area contributed by atoms with Gasteiger partial charge in [0.15, 0.2) is 0 Å². The average molecular weight is 136 g/mol. The third-order valence-corrected chi connectivity index (χ3v) is 2.59. The van der Waals surface area contributed by atoms with E-state index in [2.05, 4.69) is 33.4 Å². The van der Waals surface area contributed by atoms with Crippen molar-refractivity contribution in [1.82, 2.24) is 0 Å². The molecule has 1 aliphatic carbocycles. The molecule has 0 heterocycles. The zero-order valence-electron chi connectivity index (χ0n) is 7.15. The van der Waals surface area contributed by atoms with Crippen molar-refractivity contribution in [2.75, 3.05) is 0 Å². The Morgan fingerprint density at radius 2 is 2.10 bits per heavy atom. The maximum absolute atomic E-state index is 3.97. The Labute approximate surface area is 63.6 Å². The molecule has 0 heteroatoms. The van der Waals surface area contributed by atoms with Gasteiger partial charge < -0.3 is 0 Å². The van der Waals surface area contributed by atoms with Crippen LogP contribution in [0.5, 0.6) is 0 Å². The zero-order valence-corrected chi connectivity index (χ0v) is 7.15. The quantitative estimate of drug-likeness (QED) is 0.480. The van der Waals surface area contributed by atoms with Crippen molar-refractivity contribution in [3.05, 3.63) is 23.8 Å². The van der Waals surface area contributed by atoms with Gasteiger partial charge in [-0.15, -0.1) is 0 Å². The Morgan fingerprint density at radius 1 is 1.50 bits per heavy atom. The lowest BCUT2D eigenvalue weighted by molar-refractivity contribution is 0.426. The van der Waals surface area contributed by atoms with Gasteiger partial charge in [0.05, 0.1) is 0 Å². The Bertz CT molecular complexity index is 174. The third kappa shape index (κ3) is 1.31. The van der Waals surface area contributed by atoms with Crippen molar-refractivity contribution < 1.29 is 0 Å². The van der Waals surface area contributed by atoms with Crippen molar-refractivity contribution in [2.24, 2.45) is 11.8 Å². The summed E-state index contributed by atoms with van der Waals surface area (Å²) in [6.45, 7) is 10.8. The van der Waals surface area contributed by atoms with Gasteiger partial charge in [0, 0.05) is 0 Å². The molecule has 56 valence electrons. The highest BCUT2D eigenvalue weighted by atomic mass is 14.2. The van der Waals surface area contributed by atoms with E-state index in [9.17, 15) is 0 Å². The van der Waals surface area contributed by atoms with Gasteiger partial charge in [0.2, 0.25) is 0 Å². The number of rotatable bonds is 0. The van der Waals surface area contributed by atoms with Gasteiger partial charge >= 0.3 is 0 Å². The topological polar surface area (TPSA) is 0 Å². The molecule has 10 heavy (non-hydrogen) atoms. The number of hydrogen-bond donors (Lipinski definition) is 0. The van der Waals surface area contributed by atoms with Crippen LogP contribution in [-0.4, -0.2) is 0 Å². The van der Waals surface area contributed by atoms with Crippen molar-refractivity contribution >= 4 is 0 Å². The maximum atomic E-state index is 3.97. The predicted molar refractivity (Wildman–Crippen MR) is 45.8 cm³/mol. The first kappa shape index (κ1) is 7.59. The van der Waals surface area contributed by atoms with Gasteiger partial charge in [0.1, 0.15) is 0 Å². The Balaban J connectivity index is 2.80. The third-order valence-electron chi connectivity index (χ3n) is 2.59. The summed E-state index contributed by atoms with van der Waals surface area (Å²) in [5.74, 6) is 1.54. The van der Waals surface area contributed by atoms with E-state index in [1.807, 2.05) is 0 Å². The molecule has 0 fully saturated rings. The highest BCUT2D eigenvalue weighted by Crippen LogP contribution is 2.31. The van der Waals surface area contributed by atoms with Crippen LogP contribution in [0, 0.1) is 11.8 Å². The summed E-state index contributed by atoms with van der Waals surface area (Å²) in [5.41, 5.74) is 2.78. The van der Waals surface area contributed by atoms with Gasteiger partial charge in [-0.05, 0) is 25.2 Å². The minimum atomic E-state index is 0.755. The molecule has 0 saturated carbocycles. The van der Waals surface area contributed by atoms with E-state index >= 15 is 0 Å². The molecule has 0 spiro atoms. The van der Waals surface area contributed by atoms with E-state index < -0.39 is 0 Å². The first-order chi connectivity index (χ1) is 4.61. The molecule has 0 aromatic carbocycles. The van der Waals surface area contributed by atoms with Gasteiger partial charge in [-0.25, -0.2) is 0 Å². The highest BCUT2D eigenvalue weighted by molar-refractivity contribution is 5.25. The molecular weight excluding hydrogens is 120 g/mol. The maximum Gasteiger partial charge on any atom is -0.0202 e. The monoisotopic (exact) mass is 136 g/mol. The lowest BCUT2D eigenvalue weighted by Gasteiger charge is -2.26. The molecule has 0 aliphatic heterocycles. The minimum Gasteiger partial charge on any atom is -0.0958 e. The highest BCUT2D eigenvalue weighted by Gasteiger charge is 2.18. The van der Waals surface area contributed by atoms with Gasteiger partial charge in [0.25, 0.3) is 0 Å². The first-order valence-electron chi connectivity index (χ1n) is 3.97. The largest absolute Gasteiger partial charge is 0.0958 e. The molecule has 0 aromatic rings. The summed E-state index contributed by atoms with van der Waals surface area (Å²) < 4.78 is 0. The molecule has 0 bridgehead atoms. The summed E-state index contributed by atoms with van der Waals surface area (Å²) in [6, 6.07) is 0. The normalized spacial score (nSPS) is 33.9. The fourth-order valence-electron chi connectivity index (χ4n) is 1.55. The van der Waals surface area contributed by atoms with Crippen molar-refractivity contribution in [3.8, 4) is 0 Å². The number of hydrogen-bond acceptors (Lipinski definition) is 0. The summed E-state index contributed by atoms with van der Waals surface area (Å²) in [6.07, 6.45) is 3.41. The Morgan fingerprint density at radius 3 is 2.60 bits per heavy atom. The van der Waals surface area contributed by atoms with E-state index in [-0.39, 0.29) is 0 Å². The molecule has 0 saturated heterocycles. The van der Waals surface area contributed by atoms with E-state index in [1.165, 1.54) is 17.6 Å². The predicted octanol–water partition coefficient (Wildman–Crippen LogP) is 3.16. The van der Waals surface area contributed by atoms with Crippen molar-refractivity contribution in [1.29, 1.82) is 0 Å². The summed E-state index contributed by atoms with van der Waals surface area (Å²) >= 11 is 0. The van der Waals surface area contributed by atoms with Gasteiger partial charge in [-0.2, -0.15) is 0 Å². The summed E-state index contributed by atoms with van der Waals surface area (Å²) in [4.78, 5) is 0. The lowest BCUT2D eigenvalue weighted by atomic mass is 9.80. The van der Waals surface area contributed by atoms with E-state index in [4.69, 9.17) is 0 Å². The van der Waals surface area contributed by atoms with Crippen LogP contribution in [0.15, 0.2) is 23.8 Å². The minimum absolute atomic E-state index is 0.755. The van der Waals surface area contributed by atoms with Crippen LogP contribution in [0.1, 0.15) is 27.2 Å². The zero-order chi connectivity index (χ0) is 7.72. The van der Waals surface area contributed by atoms with E-state index in [1.54, 1.807) is 0 Å². The van der Waals surface area contributed by atoms with Crippen LogP contribution in [0.3, 0.4) is 0 Å². The molecule has 0 radical (unpaired) electrons. The second-order valence-corrected chi connectivity index (χ2v) is 3.52. The van der Waals surface area contributed by atoms with Crippen LogP contribution in [0.25, 0.3) is 0 Å². The molecule has 1 aliphatic rings. The summed E-state index contributed by atoms with van der Waals surface area (Å²) in [5, 5.41) is 0. The second-order valence-electron chi connectivity index (χ2n) is 3.52. The lowest BCUT2D eigenvalue weighted by Crippen LogP contribution is -2.14. The van der Waals surface area contributed by atoms with Crippen LogP contribution < -0.4 is 0 Å². The first-order valence-corrected chi connectivity index (χ1v) is 3.97. The van der Waals surface area contributed by atoms with Gasteiger partial charge in [-0.1, -0.05) is 37.6 Å². The van der Waals surface area contributed by atoms with E-state index in [0.717, 1.165) is 11.8 Å². The Hall–Kier alpha value is -0.520. The molecule has 0 aromatic heterocycles. The standard InChI is InChI=1S/C10H16/c1-7-5-8(2)10(4)9(3)6-7/h5,9-10H,1,6H2,2-4H3. The molecule has 0 nitrogen and oxygen atoms in total. The molecule has 0 N–H and O–H groups in total. The molecule has 1 rings (SSSR count). The SMILES string of the molecule is C=C1C=C(C)C(C)C(C)C1. The van der Waals surface area contributed by atoms with Gasteiger partial charge in [-0.3, -0.25) is 0 Å². The van der Waals surface area contributed by atoms with Crippen molar-refractivity contribution in [2.45, 2.75) is 27.2 Å². The summed E-state index contributed by atoms with van der Waals surface area (Å²) in [7, 11) is 0. The van der Waals surface area contributed by atoms with E-state index in [0.29, 0.717) is 0 Å². The number of allylic oxidation sites excluding steroid dienone is 3. The Kier molecular flexibility index (Phi) is 1.98. The smallest absolute Gasteiger partial charge is 0.0202 e.